The second-order valence-electron chi connectivity index (χ2n) is 8.31. The molecule has 2 rings (SSSR count). The van der Waals surface area contributed by atoms with Crippen molar-refractivity contribution < 1.29 is 27.5 Å². The summed E-state index contributed by atoms with van der Waals surface area (Å²) in [7, 11) is -4.04. The monoisotopic (exact) mass is 471 g/mol. The van der Waals surface area contributed by atoms with Crippen LogP contribution in [0.1, 0.15) is 59.9 Å². The Labute approximate surface area is 188 Å². The van der Waals surface area contributed by atoms with E-state index < -0.39 is 19.3 Å². The second kappa shape index (κ2) is 12.5. The van der Waals surface area contributed by atoms with E-state index in [0.717, 1.165) is 32.1 Å². The van der Waals surface area contributed by atoms with Gasteiger partial charge in [-0.2, -0.15) is 13.2 Å². The number of aryl methyl sites for hydroxylation is 3. The van der Waals surface area contributed by atoms with Crippen LogP contribution in [-0.4, -0.2) is 22.5 Å². The Balaban J connectivity index is 1.78. The van der Waals surface area contributed by atoms with Gasteiger partial charge in [-0.15, -0.1) is 0 Å². The van der Waals surface area contributed by atoms with Crippen molar-refractivity contribution in [2.24, 2.45) is 0 Å². The minimum absolute atomic E-state index is 0.226. The molecule has 0 aliphatic heterocycles. The molecule has 0 aliphatic rings. The Kier molecular flexibility index (Phi) is 10.4. The highest BCUT2D eigenvalue weighted by atomic mass is 31.2. The molecule has 4 nitrogen and oxygen atoms in total. The van der Waals surface area contributed by atoms with Gasteiger partial charge in [-0.1, -0.05) is 54.8 Å². The van der Waals surface area contributed by atoms with Crippen molar-refractivity contribution in [1.29, 1.82) is 0 Å². The lowest BCUT2D eigenvalue weighted by Crippen LogP contribution is -2.17. The van der Waals surface area contributed by atoms with E-state index in [-0.39, 0.29) is 19.1 Å². The van der Waals surface area contributed by atoms with Crippen LogP contribution < -0.4 is 5.32 Å². The SMILES string of the molecule is Cc1ccc(CCCCCCc2ccc(CNCCCP(=O)(O)O)cc2C(F)(F)F)cc1. The molecule has 0 fully saturated rings. The number of hydrogen-bond acceptors (Lipinski definition) is 2. The van der Waals surface area contributed by atoms with Gasteiger partial charge in [0.05, 0.1) is 11.7 Å². The Bertz CT molecular complexity index is 879. The molecular weight excluding hydrogens is 438 g/mol. The zero-order valence-corrected chi connectivity index (χ0v) is 19.4. The summed E-state index contributed by atoms with van der Waals surface area (Å²) in [5.74, 6) is 0. The molecule has 0 saturated heterocycles. The molecule has 0 spiro atoms. The Morgan fingerprint density at radius 3 is 2.12 bits per heavy atom. The molecule has 8 heteroatoms. The fourth-order valence-electron chi connectivity index (χ4n) is 3.61. The van der Waals surface area contributed by atoms with E-state index in [2.05, 4.69) is 36.5 Å². The van der Waals surface area contributed by atoms with Gasteiger partial charge in [-0.3, -0.25) is 4.57 Å². The fraction of sp³-hybridized carbons (Fsp3) is 0.500. The number of hydrogen-bond donors (Lipinski definition) is 3. The van der Waals surface area contributed by atoms with Gasteiger partial charge in [0, 0.05) is 6.54 Å². The van der Waals surface area contributed by atoms with E-state index >= 15 is 0 Å². The van der Waals surface area contributed by atoms with E-state index in [1.54, 1.807) is 12.1 Å². The maximum absolute atomic E-state index is 13.5. The number of halogens is 3. The lowest BCUT2D eigenvalue weighted by molar-refractivity contribution is -0.138. The summed E-state index contributed by atoms with van der Waals surface area (Å²) >= 11 is 0. The average Bonchev–Trinajstić information content (AvgIpc) is 2.70. The molecule has 2 aromatic rings. The molecule has 2 aromatic carbocycles. The van der Waals surface area contributed by atoms with Gasteiger partial charge in [-0.25, -0.2) is 0 Å². The highest BCUT2D eigenvalue weighted by Crippen LogP contribution is 2.35. The Hall–Kier alpha value is -1.66. The molecule has 0 heterocycles. The average molecular weight is 472 g/mol. The summed E-state index contributed by atoms with van der Waals surface area (Å²) in [6.45, 7) is 2.61. The van der Waals surface area contributed by atoms with Crippen molar-refractivity contribution in [3.05, 3.63) is 70.3 Å². The maximum Gasteiger partial charge on any atom is 0.416 e. The van der Waals surface area contributed by atoms with Crippen LogP contribution in [0.2, 0.25) is 0 Å². The molecule has 0 aliphatic carbocycles. The maximum atomic E-state index is 13.5. The van der Waals surface area contributed by atoms with E-state index in [1.165, 1.54) is 17.2 Å². The predicted octanol–water partition coefficient (Wildman–Crippen LogP) is 6.02. The van der Waals surface area contributed by atoms with Crippen LogP contribution in [0.3, 0.4) is 0 Å². The van der Waals surface area contributed by atoms with Gasteiger partial charge >= 0.3 is 13.8 Å². The third-order valence-electron chi connectivity index (χ3n) is 5.39. The van der Waals surface area contributed by atoms with Crippen LogP contribution in [0.5, 0.6) is 0 Å². The number of benzene rings is 2. The van der Waals surface area contributed by atoms with E-state index in [0.29, 0.717) is 24.1 Å². The van der Waals surface area contributed by atoms with Crippen LogP contribution in [0, 0.1) is 6.92 Å². The molecule has 178 valence electrons. The first-order valence-electron chi connectivity index (χ1n) is 11.0. The molecule has 0 aromatic heterocycles. The van der Waals surface area contributed by atoms with Gasteiger partial charge in [0.25, 0.3) is 0 Å². The first-order valence-corrected chi connectivity index (χ1v) is 12.8. The van der Waals surface area contributed by atoms with Crippen molar-refractivity contribution in [2.75, 3.05) is 12.7 Å². The van der Waals surface area contributed by atoms with Crippen LogP contribution in [-0.2, 0) is 30.1 Å². The smallest absolute Gasteiger partial charge is 0.324 e. The first kappa shape index (κ1) is 26.6. The van der Waals surface area contributed by atoms with Gasteiger partial charge in [-0.05, 0) is 68.3 Å². The number of rotatable bonds is 13. The first-order chi connectivity index (χ1) is 15.0. The van der Waals surface area contributed by atoms with Gasteiger partial charge in [0.1, 0.15) is 0 Å². The molecular formula is C24H33F3NO3P. The van der Waals surface area contributed by atoms with Gasteiger partial charge < -0.3 is 15.1 Å². The largest absolute Gasteiger partial charge is 0.416 e. The summed E-state index contributed by atoms with van der Waals surface area (Å²) in [5, 5.41) is 2.94. The fourth-order valence-corrected chi connectivity index (χ4v) is 4.18. The van der Waals surface area contributed by atoms with Crippen LogP contribution in [0.4, 0.5) is 13.2 Å². The third kappa shape index (κ3) is 10.3. The van der Waals surface area contributed by atoms with Gasteiger partial charge in [0.15, 0.2) is 0 Å². The number of alkyl halides is 3. The molecule has 0 atom stereocenters. The second-order valence-corrected chi connectivity index (χ2v) is 10.1. The molecule has 32 heavy (non-hydrogen) atoms. The Morgan fingerprint density at radius 1 is 0.875 bits per heavy atom. The van der Waals surface area contributed by atoms with E-state index in [9.17, 15) is 17.7 Å². The number of unbranched alkanes of at least 4 members (excludes halogenated alkanes) is 3. The van der Waals surface area contributed by atoms with Crippen molar-refractivity contribution >= 4 is 7.60 Å². The summed E-state index contributed by atoms with van der Waals surface area (Å²) in [4.78, 5) is 17.7. The summed E-state index contributed by atoms with van der Waals surface area (Å²) in [6.07, 6.45) is 0.642. The van der Waals surface area contributed by atoms with Crippen molar-refractivity contribution in [3.8, 4) is 0 Å². The quantitative estimate of drug-likeness (QED) is 0.247. The van der Waals surface area contributed by atoms with Crippen molar-refractivity contribution in [2.45, 2.75) is 64.6 Å². The summed E-state index contributed by atoms with van der Waals surface area (Å²) in [6, 6.07) is 12.9. The van der Waals surface area contributed by atoms with Crippen LogP contribution in [0.15, 0.2) is 42.5 Å². The van der Waals surface area contributed by atoms with Gasteiger partial charge in [0.2, 0.25) is 0 Å². The highest BCUT2D eigenvalue weighted by molar-refractivity contribution is 7.51. The standard InChI is InChI=1S/C24H33F3NO3P/c1-19-9-11-20(12-10-19)7-4-2-3-5-8-22-14-13-21(17-23(22)24(25,26)27)18-28-15-6-16-32(29,30)31/h9-14,17,28H,2-8,15-16,18H2,1H3,(H2,29,30,31). The summed E-state index contributed by atoms with van der Waals surface area (Å²) < 4.78 is 51.4. The zero-order valence-electron chi connectivity index (χ0n) is 18.5. The third-order valence-corrected chi connectivity index (χ3v) is 6.29. The van der Waals surface area contributed by atoms with Crippen molar-refractivity contribution in [3.63, 3.8) is 0 Å². The van der Waals surface area contributed by atoms with E-state index in [4.69, 9.17) is 9.79 Å². The lowest BCUT2D eigenvalue weighted by atomic mass is 9.97. The minimum atomic E-state index is -4.41. The predicted molar refractivity (Wildman–Crippen MR) is 122 cm³/mol. The molecule has 0 bridgehead atoms. The van der Waals surface area contributed by atoms with Crippen molar-refractivity contribution in [1.82, 2.24) is 5.32 Å². The zero-order chi connectivity index (χ0) is 23.6. The summed E-state index contributed by atoms with van der Waals surface area (Å²) in [5.41, 5.74) is 2.76. The molecule has 0 unspecified atom stereocenters. The Morgan fingerprint density at radius 2 is 1.50 bits per heavy atom. The molecule has 3 N–H and O–H groups in total. The molecule has 0 amide bonds. The topological polar surface area (TPSA) is 69.6 Å². The lowest BCUT2D eigenvalue weighted by Gasteiger charge is -2.15. The molecule has 0 radical (unpaired) electrons. The van der Waals surface area contributed by atoms with Crippen LogP contribution in [0.25, 0.3) is 0 Å². The number of nitrogens with one attached hydrogen (secondary N) is 1. The normalized spacial score (nSPS) is 12.3. The minimum Gasteiger partial charge on any atom is -0.324 e. The highest BCUT2D eigenvalue weighted by Gasteiger charge is 2.33. The van der Waals surface area contributed by atoms with E-state index in [1.807, 2.05) is 0 Å². The molecule has 0 saturated carbocycles. The van der Waals surface area contributed by atoms with Crippen LogP contribution >= 0.6 is 7.60 Å².